The Kier molecular flexibility index (Phi) is 3.55. The molecule has 0 atom stereocenters. The van der Waals surface area contributed by atoms with Gasteiger partial charge in [0.25, 0.3) is 0 Å². The van der Waals surface area contributed by atoms with Crippen LogP contribution in [0.25, 0.3) is 0 Å². The monoisotopic (exact) mass is 253 g/mol. The summed E-state index contributed by atoms with van der Waals surface area (Å²) < 4.78 is 3.95. The quantitative estimate of drug-likeness (QED) is 0.673. The van der Waals surface area contributed by atoms with Gasteiger partial charge in [-0.25, -0.2) is 0 Å². The zero-order chi connectivity index (χ0) is 4.99. The third kappa shape index (κ3) is 2.46. The summed E-state index contributed by atoms with van der Waals surface area (Å²) >= 11 is 1.28. The third-order valence-electron chi connectivity index (χ3n) is 0.562. The van der Waals surface area contributed by atoms with E-state index in [1.54, 1.807) is 0 Å². The summed E-state index contributed by atoms with van der Waals surface area (Å²) in [4.78, 5) is 0. The maximum atomic E-state index is 3.95. The fourth-order valence-electron chi connectivity index (χ4n) is 0.0527. The fourth-order valence-corrected chi connectivity index (χ4v) is 0.431. The van der Waals surface area contributed by atoms with Crippen molar-refractivity contribution >= 4 is 0 Å². The molecule has 0 N–H and O–H groups in total. The molecular formula is C4H7NW. The minimum absolute atomic E-state index is 1.13. The van der Waals surface area contributed by atoms with Crippen LogP contribution in [0.1, 0.15) is 13.8 Å². The van der Waals surface area contributed by atoms with Crippen molar-refractivity contribution in [3.63, 3.8) is 0 Å². The number of allylic oxidation sites excluding steroid dienone is 2. The van der Waals surface area contributed by atoms with Crippen molar-refractivity contribution in [2.75, 3.05) is 0 Å². The first-order valence-corrected chi connectivity index (χ1v) is 3.08. The van der Waals surface area contributed by atoms with Crippen LogP contribution in [-0.4, -0.2) is 0 Å². The molecule has 0 saturated carbocycles. The van der Waals surface area contributed by atoms with Crippen LogP contribution in [0.4, 0.5) is 0 Å². The normalized spacial score (nSPS) is 11.3. The van der Waals surface area contributed by atoms with Crippen molar-refractivity contribution in [2.45, 2.75) is 13.8 Å². The Labute approximate surface area is 49.2 Å². The van der Waals surface area contributed by atoms with Gasteiger partial charge in [0, 0.05) is 0 Å². The van der Waals surface area contributed by atoms with Gasteiger partial charge in [0.2, 0.25) is 0 Å². The first kappa shape index (κ1) is 6.23. The van der Waals surface area contributed by atoms with E-state index in [0.717, 1.165) is 5.70 Å². The molecule has 0 aliphatic heterocycles. The molecule has 0 radical (unpaired) electrons. The predicted molar refractivity (Wildman–Crippen MR) is 21.9 cm³/mol. The van der Waals surface area contributed by atoms with Gasteiger partial charge < -0.3 is 0 Å². The summed E-state index contributed by atoms with van der Waals surface area (Å²) in [6, 6.07) is 0. The third-order valence-corrected chi connectivity index (χ3v) is 1.60. The van der Waals surface area contributed by atoms with Crippen LogP contribution in [0.3, 0.4) is 0 Å². The zero-order valence-corrected chi connectivity index (χ0v) is 6.87. The molecule has 2 heteroatoms. The van der Waals surface area contributed by atoms with Crippen LogP contribution in [0.2, 0.25) is 0 Å². The van der Waals surface area contributed by atoms with E-state index in [2.05, 4.69) is 3.50 Å². The molecule has 0 aromatic rings. The van der Waals surface area contributed by atoms with Gasteiger partial charge in [0.05, 0.1) is 0 Å². The topological polar surface area (TPSA) is 12.4 Å². The van der Waals surface area contributed by atoms with Gasteiger partial charge in [-0.3, -0.25) is 0 Å². The minimum atomic E-state index is 1.13. The second-order valence-corrected chi connectivity index (χ2v) is 1.68. The molecule has 0 aliphatic rings. The van der Waals surface area contributed by atoms with E-state index in [-0.39, 0.29) is 0 Å². The van der Waals surface area contributed by atoms with E-state index in [0.29, 0.717) is 0 Å². The van der Waals surface area contributed by atoms with Crippen molar-refractivity contribution < 1.29 is 19.6 Å². The van der Waals surface area contributed by atoms with Gasteiger partial charge in [-0.1, -0.05) is 0 Å². The number of rotatable bonds is 1. The molecule has 6 heavy (non-hydrogen) atoms. The van der Waals surface area contributed by atoms with Gasteiger partial charge in [-0.05, 0) is 0 Å². The molecule has 0 amide bonds. The van der Waals surface area contributed by atoms with Crippen LogP contribution < -0.4 is 0 Å². The molecule has 0 bridgehead atoms. The maximum absolute atomic E-state index is 3.95. The van der Waals surface area contributed by atoms with E-state index in [1.165, 1.54) is 19.6 Å². The molecule has 0 spiro atoms. The van der Waals surface area contributed by atoms with E-state index < -0.39 is 0 Å². The first-order valence-electron chi connectivity index (χ1n) is 1.77. The fraction of sp³-hybridized carbons (Fsp3) is 0.500. The van der Waals surface area contributed by atoms with E-state index in [1.807, 2.05) is 19.9 Å². The second-order valence-electron chi connectivity index (χ2n) is 1.02. The molecule has 34 valence electrons. The summed E-state index contributed by atoms with van der Waals surface area (Å²) in [5.74, 6) is 0. The van der Waals surface area contributed by atoms with Gasteiger partial charge in [0.1, 0.15) is 0 Å². The Hall–Kier alpha value is 0.228. The standard InChI is InChI=1S/C4H7N.W/c1-3-4(2)5;/h3H,1-2H3;. The molecule has 0 heterocycles. The summed E-state index contributed by atoms with van der Waals surface area (Å²) in [7, 11) is 0. The Morgan fingerprint density at radius 3 is 2.33 bits per heavy atom. The number of nitrogens with zero attached hydrogens (tertiary/aromatic N) is 1. The van der Waals surface area contributed by atoms with Gasteiger partial charge in [0.15, 0.2) is 0 Å². The zero-order valence-electron chi connectivity index (χ0n) is 3.93. The first-order chi connectivity index (χ1) is 2.81. The van der Waals surface area contributed by atoms with E-state index >= 15 is 0 Å². The van der Waals surface area contributed by atoms with Crippen LogP contribution in [-0.2, 0) is 19.6 Å². The summed E-state index contributed by atoms with van der Waals surface area (Å²) in [5.41, 5.74) is 1.13. The summed E-state index contributed by atoms with van der Waals surface area (Å²) in [6.45, 7) is 3.98. The summed E-state index contributed by atoms with van der Waals surface area (Å²) in [5, 5.41) is 0. The molecule has 0 unspecified atom stereocenters. The van der Waals surface area contributed by atoms with Crippen LogP contribution >= 0.6 is 0 Å². The SMILES string of the molecule is CC=C(C)[N]=[W]. The van der Waals surface area contributed by atoms with Crippen LogP contribution in [0, 0.1) is 0 Å². The van der Waals surface area contributed by atoms with Gasteiger partial charge in [-0.2, -0.15) is 0 Å². The van der Waals surface area contributed by atoms with Gasteiger partial charge >= 0.3 is 48.7 Å². The molecular weight excluding hydrogens is 246 g/mol. The van der Waals surface area contributed by atoms with Crippen molar-refractivity contribution in [1.29, 1.82) is 0 Å². The number of hydrogen-bond acceptors (Lipinski definition) is 1. The molecule has 0 aromatic carbocycles. The molecule has 1 nitrogen and oxygen atoms in total. The van der Waals surface area contributed by atoms with Crippen molar-refractivity contribution in [2.24, 2.45) is 3.50 Å². The van der Waals surface area contributed by atoms with Crippen LogP contribution in [0.5, 0.6) is 0 Å². The average Bonchev–Trinajstić information content (AvgIpc) is 1.65. The van der Waals surface area contributed by atoms with Crippen molar-refractivity contribution in [1.82, 2.24) is 0 Å². The molecule has 0 rings (SSSR count). The van der Waals surface area contributed by atoms with Crippen LogP contribution in [0.15, 0.2) is 15.3 Å². The van der Waals surface area contributed by atoms with E-state index in [4.69, 9.17) is 0 Å². The molecule has 0 aromatic heterocycles. The summed E-state index contributed by atoms with van der Waals surface area (Å²) in [6.07, 6.45) is 1.99. The average molecular weight is 253 g/mol. The molecule has 0 fully saturated rings. The predicted octanol–water partition coefficient (Wildman–Crippen LogP) is 1.64. The Balaban J connectivity index is 3.50. The Bertz CT molecular complexity index is 75.6. The molecule has 0 aliphatic carbocycles. The molecule has 0 saturated heterocycles. The Morgan fingerprint density at radius 1 is 1.83 bits per heavy atom. The Morgan fingerprint density at radius 2 is 2.33 bits per heavy atom. The van der Waals surface area contributed by atoms with E-state index in [9.17, 15) is 0 Å². The van der Waals surface area contributed by atoms with Crippen molar-refractivity contribution in [3.8, 4) is 0 Å². The second kappa shape index (κ2) is 3.42. The number of hydrogen-bond donors (Lipinski definition) is 0. The van der Waals surface area contributed by atoms with Crippen molar-refractivity contribution in [3.05, 3.63) is 11.8 Å². The van der Waals surface area contributed by atoms with Gasteiger partial charge in [-0.15, -0.1) is 0 Å².